The van der Waals surface area contributed by atoms with E-state index in [9.17, 15) is 24.0 Å². The number of rotatable bonds is 8. The van der Waals surface area contributed by atoms with Crippen molar-refractivity contribution in [2.75, 3.05) is 6.54 Å². The standard InChI is InChI=1S/C31H26N2O8/c34-26-15-16-27(35)33(26)41-28(36)12-2-1-7-17-32-29(37)19-13-14-21-20(18-19)30(38)40-31(21)22-8-3-5-10-24(22)39-25-11-6-4-9-23(25)31/h3-6,8-11,13-14,18H,1-2,7,12,15-17H2,(H,32,37). The number of nitrogens with zero attached hydrogens (tertiary/aromatic N) is 1. The number of carbonyl (C=O) groups is 5. The second-order valence-electron chi connectivity index (χ2n) is 10.0. The maximum absolute atomic E-state index is 13.2. The topological polar surface area (TPSA) is 128 Å². The summed E-state index contributed by atoms with van der Waals surface area (Å²) < 4.78 is 12.2. The Balaban J connectivity index is 1.09. The van der Waals surface area contributed by atoms with Crippen LogP contribution in [0, 0.1) is 0 Å². The van der Waals surface area contributed by atoms with Crippen LogP contribution in [-0.4, -0.2) is 41.3 Å². The molecule has 0 unspecified atom stereocenters. The van der Waals surface area contributed by atoms with Crippen molar-refractivity contribution >= 4 is 29.7 Å². The molecule has 1 N–H and O–H groups in total. The summed E-state index contributed by atoms with van der Waals surface area (Å²) in [5.41, 5.74) is 1.54. The summed E-state index contributed by atoms with van der Waals surface area (Å²) in [6, 6.07) is 19.8. The molecule has 41 heavy (non-hydrogen) atoms. The Kier molecular flexibility index (Phi) is 6.74. The van der Waals surface area contributed by atoms with Crippen molar-refractivity contribution in [3.05, 3.63) is 94.5 Å². The monoisotopic (exact) mass is 554 g/mol. The Morgan fingerprint density at radius 2 is 1.49 bits per heavy atom. The first-order valence-corrected chi connectivity index (χ1v) is 13.5. The lowest BCUT2D eigenvalue weighted by Crippen LogP contribution is -2.33. The van der Waals surface area contributed by atoms with Crippen molar-refractivity contribution in [1.29, 1.82) is 0 Å². The van der Waals surface area contributed by atoms with Crippen molar-refractivity contribution in [3.8, 4) is 11.5 Å². The molecule has 208 valence electrons. The van der Waals surface area contributed by atoms with Gasteiger partial charge >= 0.3 is 11.9 Å². The third-order valence-electron chi connectivity index (χ3n) is 7.42. The lowest BCUT2D eigenvalue weighted by atomic mass is 9.77. The maximum atomic E-state index is 13.2. The molecule has 1 spiro atoms. The number of hydrogen-bond acceptors (Lipinski definition) is 8. The van der Waals surface area contributed by atoms with Crippen LogP contribution >= 0.6 is 0 Å². The third-order valence-corrected chi connectivity index (χ3v) is 7.42. The van der Waals surface area contributed by atoms with Gasteiger partial charge in [-0.2, -0.15) is 0 Å². The second-order valence-corrected chi connectivity index (χ2v) is 10.0. The molecule has 3 aliphatic heterocycles. The van der Waals surface area contributed by atoms with Gasteiger partial charge < -0.3 is 19.6 Å². The van der Waals surface area contributed by atoms with Crippen molar-refractivity contribution in [2.24, 2.45) is 0 Å². The average Bonchev–Trinajstić information content (AvgIpc) is 3.45. The highest BCUT2D eigenvalue weighted by molar-refractivity contribution is 6.02. The number of unbranched alkanes of at least 4 members (excludes halogenated alkanes) is 2. The van der Waals surface area contributed by atoms with Gasteiger partial charge in [0.15, 0.2) is 5.60 Å². The van der Waals surface area contributed by atoms with E-state index in [1.807, 2.05) is 48.5 Å². The van der Waals surface area contributed by atoms with Crippen molar-refractivity contribution in [2.45, 2.75) is 44.1 Å². The maximum Gasteiger partial charge on any atom is 0.340 e. The van der Waals surface area contributed by atoms with Gasteiger partial charge in [-0.25, -0.2) is 9.59 Å². The van der Waals surface area contributed by atoms with E-state index in [0.29, 0.717) is 70.2 Å². The van der Waals surface area contributed by atoms with Gasteiger partial charge in [-0.15, -0.1) is 5.06 Å². The quantitative estimate of drug-likeness (QED) is 0.250. The zero-order valence-electron chi connectivity index (χ0n) is 22.0. The van der Waals surface area contributed by atoms with Gasteiger partial charge in [0.25, 0.3) is 17.7 Å². The smallest absolute Gasteiger partial charge is 0.340 e. The van der Waals surface area contributed by atoms with Crippen LogP contribution in [0.2, 0.25) is 0 Å². The normalized spacial score (nSPS) is 16.0. The van der Waals surface area contributed by atoms with Crippen LogP contribution in [0.1, 0.15) is 75.9 Å². The highest BCUT2D eigenvalue weighted by atomic mass is 16.7. The predicted octanol–water partition coefficient (Wildman–Crippen LogP) is 4.15. The molecular formula is C31H26N2O8. The zero-order chi connectivity index (χ0) is 28.6. The van der Waals surface area contributed by atoms with E-state index in [1.165, 1.54) is 0 Å². The van der Waals surface area contributed by atoms with Crippen molar-refractivity contribution in [1.82, 2.24) is 10.4 Å². The van der Waals surface area contributed by atoms with Gasteiger partial charge in [0.05, 0.1) is 5.56 Å². The first kappa shape index (κ1) is 26.2. The number of hydroxylamine groups is 2. The molecule has 10 nitrogen and oxygen atoms in total. The van der Waals surface area contributed by atoms with Crippen LogP contribution in [0.15, 0.2) is 66.7 Å². The minimum Gasteiger partial charge on any atom is -0.456 e. The van der Waals surface area contributed by atoms with Gasteiger partial charge in [-0.3, -0.25) is 14.4 Å². The van der Waals surface area contributed by atoms with E-state index in [1.54, 1.807) is 18.2 Å². The molecule has 3 heterocycles. The number of ether oxygens (including phenoxy) is 2. The molecule has 0 aromatic heterocycles. The number of para-hydroxylation sites is 2. The highest BCUT2D eigenvalue weighted by Crippen LogP contribution is 2.55. The number of imide groups is 1. The summed E-state index contributed by atoms with van der Waals surface area (Å²) in [5, 5.41) is 3.38. The number of carbonyl (C=O) groups excluding carboxylic acids is 5. The van der Waals surface area contributed by atoms with E-state index in [0.717, 1.165) is 0 Å². The lowest BCUT2D eigenvalue weighted by Gasteiger charge is -2.36. The highest BCUT2D eigenvalue weighted by Gasteiger charge is 2.53. The SMILES string of the molecule is O=C(CCCCCNC(=O)c1ccc2c(c1)C(=O)OC21c2ccccc2Oc2ccccc21)ON1C(=O)CCC1=O. The largest absolute Gasteiger partial charge is 0.456 e. The molecule has 0 bridgehead atoms. The van der Waals surface area contributed by atoms with Gasteiger partial charge in [0.2, 0.25) is 0 Å². The Morgan fingerprint density at radius 1 is 0.829 bits per heavy atom. The molecule has 3 aromatic carbocycles. The van der Waals surface area contributed by atoms with Gasteiger partial charge in [-0.05, 0) is 37.1 Å². The molecule has 1 saturated heterocycles. The van der Waals surface area contributed by atoms with Crippen molar-refractivity contribution < 1.29 is 38.3 Å². The molecular weight excluding hydrogens is 528 g/mol. The molecule has 3 amide bonds. The van der Waals surface area contributed by atoms with E-state index in [4.69, 9.17) is 14.3 Å². The molecule has 1 fully saturated rings. The Morgan fingerprint density at radius 3 is 2.17 bits per heavy atom. The zero-order valence-corrected chi connectivity index (χ0v) is 22.0. The van der Waals surface area contributed by atoms with Crippen LogP contribution < -0.4 is 10.1 Å². The van der Waals surface area contributed by atoms with Crippen LogP contribution in [-0.2, 0) is 29.6 Å². The number of fused-ring (bicyclic) bond motifs is 6. The van der Waals surface area contributed by atoms with E-state index in [2.05, 4.69) is 5.32 Å². The van der Waals surface area contributed by atoms with Crippen LogP contribution in [0.5, 0.6) is 11.5 Å². The van der Waals surface area contributed by atoms with Crippen LogP contribution in [0.3, 0.4) is 0 Å². The second kappa shape index (κ2) is 10.5. The number of amides is 3. The predicted molar refractivity (Wildman–Crippen MR) is 143 cm³/mol. The molecule has 0 radical (unpaired) electrons. The van der Waals surface area contributed by atoms with E-state index >= 15 is 0 Å². The van der Waals surface area contributed by atoms with E-state index < -0.39 is 29.4 Å². The molecule has 0 atom stereocenters. The average molecular weight is 555 g/mol. The van der Waals surface area contributed by atoms with Crippen molar-refractivity contribution in [3.63, 3.8) is 0 Å². The number of hydrogen-bond donors (Lipinski definition) is 1. The molecule has 0 saturated carbocycles. The third kappa shape index (κ3) is 4.61. The molecule has 0 aliphatic carbocycles. The fraction of sp³-hybridized carbons (Fsp3) is 0.258. The molecule has 10 heteroatoms. The minimum absolute atomic E-state index is 0.0506. The van der Waals surface area contributed by atoms with Gasteiger partial charge in [0, 0.05) is 48.1 Å². The fourth-order valence-corrected chi connectivity index (χ4v) is 5.45. The Bertz CT molecular complexity index is 1530. The first-order chi connectivity index (χ1) is 19.9. The Hall–Kier alpha value is -4.99. The summed E-state index contributed by atoms with van der Waals surface area (Å²) in [6.45, 7) is 0.362. The van der Waals surface area contributed by atoms with E-state index in [-0.39, 0.29) is 25.2 Å². The molecule has 3 aliphatic rings. The summed E-state index contributed by atoms with van der Waals surface area (Å²) in [7, 11) is 0. The molecule has 6 rings (SSSR count). The molecule has 3 aromatic rings. The van der Waals surface area contributed by atoms with Gasteiger partial charge in [0.1, 0.15) is 11.5 Å². The summed E-state index contributed by atoms with van der Waals surface area (Å²) >= 11 is 0. The first-order valence-electron chi connectivity index (χ1n) is 13.5. The van der Waals surface area contributed by atoms with Gasteiger partial charge in [-0.1, -0.05) is 48.9 Å². The number of benzene rings is 3. The number of nitrogens with one attached hydrogen (secondary N) is 1. The lowest BCUT2D eigenvalue weighted by molar-refractivity contribution is -0.197. The van der Waals surface area contributed by atoms with Crippen LogP contribution in [0.4, 0.5) is 0 Å². The number of esters is 1. The minimum atomic E-state index is -1.18. The summed E-state index contributed by atoms with van der Waals surface area (Å²) in [5.74, 6) is -1.33. The van der Waals surface area contributed by atoms with Crippen LogP contribution in [0.25, 0.3) is 0 Å². The Labute approximate surface area is 235 Å². The summed E-state index contributed by atoms with van der Waals surface area (Å²) in [6.07, 6.45) is 1.85. The summed E-state index contributed by atoms with van der Waals surface area (Å²) in [4.78, 5) is 65.9. The fourth-order valence-electron chi connectivity index (χ4n) is 5.45.